The first-order chi connectivity index (χ1) is 9.96. The number of imidazole rings is 1. The third kappa shape index (κ3) is 2.53. The summed E-state index contributed by atoms with van der Waals surface area (Å²) >= 11 is 0. The lowest BCUT2D eigenvalue weighted by Crippen LogP contribution is -2.23. The van der Waals surface area contributed by atoms with E-state index in [0.717, 1.165) is 23.0 Å². The molecule has 0 fully saturated rings. The first-order valence-corrected chi connectivity index (χ1v) is 7.95. The molecule has 0 radical (unpaired) electrons. The number of aromatic nitrogens is 2. The van der Waals surface area contributed by atoms with E-state index in [1.54, 1.807) is 0 Å². The zero-order valence-corrected chi connectivity index (χ0v) is 13.8. The summed E-state index contributed by atoms with van der Waals surface area (Å²) in [4.78, 5) is 12.4. The van der Waals surface area contributed by atoms with Crippen LogP contribution in [0.2, 0.25) is 0 Å². The molecule has 1 aromatic heterocycles. The van der Waals surface area contributed by atoms with Crippen LogP contribution in [0.4, 0.5) is 0 Å². The molecule has 1 heterocycles. The van der Waals surface area contributed by atoms with E-state index >= 15 is 0 Å². The highest BCUT2D eigenvalue weighted by Gasteiger charge is 2.19. The van der Waals surface area contributed by atoms with Gasteiger partial charge >= 0.3 is 5.69 Å². The van der Waals surface area contributed by atoms with Crippen LogP contribution in [0.25, 0.3) is 11.0 Å². The standard InChI is InChI=1S/C17H27N3O/c1-6-11(4)16(18)13-10-15-14(9-12(13)5)19(7-2)17(21)20(15)8-3/h9-11,16H,6-8,18H2,1-5H3. The predicted octanol–water partition coefficient (Wildman–Crippen LogP) is 3.20. The second-order valence-electron chi connectivity index (χ2n) is 5.88. The molecule has 21 heavy (non-hydrogen) atoms. The number of fused-ring (bicyclic) bond motifs is 1. The molecule has 2 N–H and O–H groups in total. The van der Waals surface area contributed by atoms with Crippen molar-refractivity contribution >= 4 is 11.0 Å². The Morgan fingerprint density at radius 1 is 1.10 bits per heavy atom. The van der Waals surface area contributed by atoms with Crippen molar-refractivity contribution in [2.24, 2.45) is 11.7 Å². The average molecular weight is 289 g/mol. The zero-order valence-electron chi connectivity index (χ0n) is 13.8. The summed E-state index contributed by atoms with van der Waals surface area (Å²) in [5, 5.41) is 0. The number of hydrogen-bond donors (Lipinski definition) is 1. The third-order valence-electron chi connectivity index (χ3n) is 4.66. The minimum Gasteiger partial charge on any atom is -0.324 e. The van der Waals surface area contributed by atoms with E-state index in [1.165, 1.54) is 5.56 Å². The Bertz CT molecular complexity index is 696. The van der Waals surface area contributed by atoms with E-state index in [0.29, 0.717) is 19.0 Å². The van der Waals surface area contributed by atoms with Gasteiger partial charge in [-0.1, -0.05) is 20.3 Å². The molecule has 2 atom stereocenters. The quantitative estimate of drug-likeness (QED) is 0.919. The summed E-state index contributed by atoms with van der Waals surface area (Å²) in [5.74, 6) is 0.427. The normalized spacial score (nSPS) is 14.6. The molecule has 0 aliphatic rings. The Balaban J connectivity index is 2.72. The van der Waals surface area contributed by atoms with Crippen LogP contribution in [-0.4, -0.2) is 9.13 Å². The largest absolute Gasteiger partial charge is 0.329 e. The molecule has 4 heteroatoms. The summed E-state index contributed by atoms with van der Waals surface area (Å²) in [6.07, 6.45) is 1.05. The number of aryl methyl sites for hydroxylation is 3. The first-order valence-electron chi connectivity index (χ1n) is 7.95. The van der Waals surface area contributed by atoms with Crippen molar-refractivity contribution in [3.05, 3.63) is 33.7 Å². The molecular formula is C17H27N3O. The summed E-state index contributed by atoms with van der Waals surface area (Å²) in [6.45, 7) is 11.8. The van der Waals surface area contributed by atoms with Gasteiger partial charge in [0, 0.05) is 19.1 Å². The molecule has 0 bridgehead atoms. The van der Waals surface area contributed by atoms with E-state index in [2.05, 4.69) is 32.9 Å². The van der Waals surface area contributed by atoms with Gasteiger partial charge in [-0.15, -0.1) is 0 Å². The van der Waals surface area contributed by atoms with Crippen LogP contribution >= 0.6 is 0 Å². The molecule has 116 valence electrons. The SMILES string of the molecule is CCC(C)C(N)c1cc2c(cc1C)n(CC)c(=O)n2CC. The highest BCUT2D eigenvalue weighted by atomic mass is 16.1. The molecule has 0 aliphatic carbocycles. The van der Waals surface area contributed by atoms with Crippen LogP contribution in [0.3, 0.4) is 0 Å². The number of nitrogens with two attached hydrogens (primary N) is 1. The van der Waals surface area contributed by atoms with E-state index in [-0.39, 0.29) is 11.7 Å². The summed E-state index contributed by atoms with van der Waals surface area (Å²) < 4.78 is 3.68. The van der Waals surface area contributed by atoms with Crippen LogP contribution in [-0.2, 0) is 13.1 Å². The van der Waals surface area contributed by atoms with Crippen molar-refractivity contribution < 1.29 is 0 Å². The maximum Gasteiger partial charge on any atom is 0.329 e. The van der Waals surface area contributed by atoms with E-state index in [1.807, 2.05) is 23.0 Å². The second kappa shape index (κ2) is 6.06. The molecule has 2 rings (SSSR count). The van der Waals surface area contributed by atoms with Crippen LogP contribution < -0.4 is 11.4 Å². The third-order valence-corrected chi connectivity index (χ3v) is 4.66. The van der Waals surface area contributed by atoms with Crippen molar-refractivity contribution in [2.75, 3.05) is 0 Å². The van der Waals surface area contributed by atoms with Gasteiger partial charge in [-0.2, -0.15) is 0 Å². The number of benzene rings is 1. The second-order valence-corrected chi connectivity index (χ2v) is 5.88. The predicted molar refractivity (Wildman–Crippen MR) is 88.7 cm³/mol. The Morgan fingerprint density at radius 2 is 1.62 bits per heavy atom. The highest BCUT2D eigenvalue weighted by Crippen LogP contribution is 2.28. The van der Waals surface area contributed by atoms with Gasteiger partial charge in [0.05, 0.1) is 11.0 Å². The maximum absolute atomic E-state index is 12.4. The van der Waals surface area contributed by atoms with E-state index in [9.17, 15) is 4.79 Å². The molecule has 4 nitrogen and oxygen atoms in total. The maximum atomic E-state index is 12.4. The Labute approximate surface area is 126 Å². The molecule has 0 saturated carbocycles. The van der Waals surface area contributed by atoms with Crippen molar-refractivity contribution in [1.29, 1.82) is 0 Å². The van der Waals surface area contributed by atoms with Gasteiger partial charge in [0.2, 0.25) is 0 Å². The van der Waals surface area contributed by atoms with Crippen LogP contribution in [0.5, 0.6) is 0 Å². The molecule has 2 aromatic rings. The molecule has 0 spiro atoms. The number of rotatable bonds is 5. The monoisotopic (exact) mass is 289 g/mol. The van der Waals surface area contributed by atoms with Gasteiger partial charge in [-0.25, -0.2) is 4.79 Å². The van der Waals surface area contributed by atoms with Crippen molar-refractivity contribution in [2.45, 2.75) is 60.2 Å². The van der Waals surface area contributed by atoms with Crippen molar-refractivity contribution in [1.82, 2.24) is 9.13 Å². The summed E-state index contributed by atoms with van der Waals surface area (Å²) in [5.41, 5.74) is 10.8. The first kappa shape index (κ1) is 15.8. The van der Waals surface area contributed by atoms with Gasteiger partial charge in [-0.05, 0) is 49.9 Å². The minimum absolute atomic E-state index is 0.0183. The van der Waals surface area contributed by atoms with Gasteiger partial charge in [0.25, 0.3) is 0 Å². The Hall–Kier alpha value is -1.55. The summed E-state index contributed by atoms with van der Waals surface area (Å²) in [7, 11) is 0. The van der Waals surface area contributed by atoms with Crippen LogP contribution in [0.15, 0.2) is 16.9 Å². The van der Waals surface area contributed by atoms with E-state index < -0.39 is 0 Å². The fourth-order valence-corrected chi connectivity index (χ4v) is 3.01. The van der Waals surface area contributed by atoms with Gasteiger partial charge in [0.15, 0.2) is 0 Å². The Morgan fingerprint density at radius 3 is 2.10 bits per heavy atom. The van der Waals surface area contributed by atoms with Crippen LogP contribution in [0, 0.1) is 12.8 Å². The molecule has 0 saturated heterocycles. The van der Waals surface area contributed by atoms with Gasteiger partial charge < -0.3 is 5.73 Å². The molecular weight excluding hydrogens is 262 g/mol. The van der Waals surface area contributed by atoms with E-state index in [4.69, 9.17) is 5.73 Å². The average Bonchev–Trinajstić information content (AvgIpc) is 2.74. The lowest BCUT2D eigenvalue weighted by Gasteiger charge is -2.21. The minimum atomic E-state index is 0.0183. The van der Waals surface area contributed by atoms with Crippen LogP contribution in [0.1, 0.15) is 51.3 Å². The van der Waals surface area contributed by atoms with Gasteiger partial charge in [0.1, 0.15) is 0 Å². The fourth-order valence-electron chi connectivity index (χ4n) is 3.01. The topological polar surface area (TPSA) is 52.9 Å². The molecule has 0 aliphatic heterocycles. The Kier molecular flexibility index (Phi) is 4.57. The lowest BCUT2D eigenvalue weighted by atomic mass is 9.90. The van der Waals surface area contributed by atoms with Crippen molar-refractivity contribution in [3.8, 4) is 0 Å². The smallest absolute Gasteiger partial charge is 0.324 e. The highest BCUT2D eigenvalue weighted by molar-refractivity contribution is 5.78. The summed E-state index contributed by atoms with van der Waals surface area (Å²) in [6, 6.07) is 4.26. The lowest BCUT2D eigenvalue weighted by molar-refractivity contribution is 0.455. The van der Waals surface area contributed by atoms with Crippen molar-refractivity contribution in [3.63, 3.8) is 0 Å². The molecule has 1 aromatic carbocycles. The number of hydrogen-bond acceptors (Lipinski definition) is 2. The van der Waals surface area contributed by atoms with Gasteiger partial charge in [-0.3, -0.25) is 9.13 Å². The molecule has 0 amide bonds. The number of nitrogens with zero attached hydrogens (tertiary/aromatic N) is 2. The zero-order chi connectivity index (χ0) is 15.7. The molecule has 2 unspecified atom stereocenters. The fraction of sp³-hybridized carbons (Fsp3) is 0.588.